The SMILES string of the molecule is CN(C)CCCN(C(=O)c1nnc2n1CCC2)c1nc2ccc(F)cc2s1. The van der Waals surface area contributed by atoms with Crippen molar-refractivity contribution < 1.29 is 9.18 Å². The smallest absolute Gasteiger partial charge is 0.298 e. The van der Waals surface area contributed by atoms with Crippen LogP contribution in [0.2, 0.25) is 0 Å². The molecule has 0 atom stereocenters. The van der Waals surface area contributed by atoms with E-state index >= 15 is 0 Å². The predicted molar refractivity (Wildman–Crippen MR) is 103 cm³/mol. The van der Waals surface area contributed by atoms with Gasteiger partial charge in [0.05, 0.1) is 10.2 Å². The molecule has 0 fully saturated rings. The summed E-state index contributed by atoms with van der Waals surface area (Å²) in [6, 6.07) is 4.48. The first kappa shape index (κ1) is 18.0. The monoisotopic (exact) mass is 388 g/mol. The third-order valence-electron chi connectivity index (χ3n) is 4.60. The Morgan fingerprint density at radius 1 is 1.30 bits per heavy atom. The van der Waals surface area contributed by atoms with E-state index in [1.807, 2.05) is 18.7 Å². The highest BCUT2D eigenvalue weighted by Gasteiger charge is 2.28. The van der Waals surface area contributed by atoms with Crippen LogP contribution in [0.25, 0.3) is 10.2 Å². The molecule has 27 heavy (non-hydrogen) atoms. The quantitative estimate of drug-likeness (QED) is 0.649. The molecule has 1 aliphatic heterocycles. The van der Waals surface area contributed by atoms with Crippen LogP contribution in [-0.4, -0.2) is 57.7 Å². The molecule has 1 aromatic carbocycles. The molecule has 1 amide bonds. The number of anilines is 1. The lowest BCUT2D eigenvalue weighted by Gasteiger charge is -2.20. The molecule has 2 aromatic heterocycles. The van der Waals surface area contributed by atoms with Crippen molar-refractivity contribution in [3.63, 3.8) is 0 Å². The second-order valence-corrected chi connectivity index (χ2v) is 7.93. The van der Waals surface area contributed by atoms with E-state index in [1.165, 1.54) is 23.5 Å². The third kappa shape index (κ3) is 3.57. The lowest BCUT2D eigenvalue weighted by molar-refractivity contribution is 0.0971. The molecule has 142 valence electrons. The molecule has 3 aromatic rings. The number of carbonyl (C=O) groups excluding carboxylic acids is 1. The summed E-state index contributed by atoms with van der Waals surface area (Å²) in [5, 5.41) is 8.84. The molecule has 9 heteroatoms. The first-order valence-electron chi connectivity index (χ1n) is 8.97. The Balaban J connectivity index is 1.67. The van der Waals surface area contributed by atoms with Crippen LogP contribution in [0.15, 0.2) is 18.2 Å². The zero-order valence-electron chi connectivity index (χ0n) is 15.4. The molecular formula is C18H21FN6OS. The minimum absolute atomic E-state index is 0.200. The summed E-state index contributed by atoms with van der Waals surface area (Å²) in [7, 11) is 4.00. The molecule has 4 rings (SSSR count). The maximum Gasteiger partial charge on any atom is 0.298 e. The number of halogens is 1. The van der Waals surface area contributed by atoms with E-state index in [2.05, 4.69) is 20.1 Å². The van der Waals surface area contributed by atoms with E-state index in [9.17, 15) is 9.18 Å². The van der Waals surface area contributed by atoms with E-state index in [4.69, 9.17) is 0 Å². The van der Waals surface area contributed by atoms with Crippen molar-refractivity contribution in [2.24, 2.45) is 0 Å². The van der Waals surface area contributed by atoms with Crippen LogP contribution in [0, 0.1) is 5.82 Å². The van der Waals surface area contributed by atoms with Crippen LogP contribution in [0.3, 0.4) is 0 Å². The number of amides is 1. The molecule has 0 aliphatic carbocycles. The number of fused-ring (bicyclic) bond motifs is 2. The molecule has 0 radical (unpaired) electrons. The van der Waals surface area contributed by atoms with Crippen molar-refractivity contribution in [1.82, 2.24) is 24.6 Å². The van der Waals surface area contributed by atoms with Gasteiger partial charge in [-0.3, -0.25) is 9.69 Å². The van der Waals surface area contributed by atoms with E-state index in [-0.39, 0.29) is 11.7 Å². The summed E-state index contributed by atoms with van der Waals surface area (Å²) >= 11 is 1.32. The van der Waals surface area contributed by atoms with E-state index in [0.29, 0.717) is 23.0 Å². The Kier molecular flexibility index (Phi) is 4.88. The first-order chi connectivity index (χ1) is 13.0. The number of nitrogens with zero attached hydrogens (tertiary/aromatic N) is 6. The highest BCUT2D eigenvalue weighted by molar-refractivity contribution is 7.22. The Morgan fingerprint density at radius 2 is 2.15 bits per heavy atom. The van der Waals surface area contributed by atoms with Crippen molar-refractivity contribution in [2.45, 2.75) is 25.8 Å². The highest BCUT2D eigenvalue weighted by Crippen LogP contribution is 2.30. The third-order valence-corrected chi connectivity index (χ3v) is 5.64. The summed E-state index contributed by atoms with van der Waals surface area (Å²) in [6.45, 7) is 2.13. The van der Waals surface area contributed by atoms with Crippen LogP contribution in [-0.2, 0) is 13.0 Å². The summed E-state index contributed by atoms with van der Waals surface area (Å²) in [6.07, 6.45) is 2.62. The number of aromatic nitrogens is 4. The van der Waals surface area contributed by atoms with Crippen LogP contribution in [0.5, 0.6) is 0 Å². The van der Waals surface area contributed by atoms with Crippen LogP contribution >= 0.6 is 11.3 Å². The van der Waals surface area contributed by atoms with Crippen molar-refractivity contribution >= 4 is 32.6 Å². The Labute approximate surface area is 160 Å². The number of benzene rings is 1. The van der Waals surface area contributed by atoms with Gasteiger partial charge in [0.2, 0.25) is 5.82 Å². The van der Waals surface area contributed by atoms with Crippen molar-refractivity contribution in [3.05, 3.63) is 35.7 Å². The Hall–Kier alpha value is -2.39. The van der Waals surface area contributed by atoms with E-state index in [1.54, 1.807) is 11.0 Å². The molecule has 0 saturated heterocycles. The maximum atomic E-state index is 13.5. The fourth-order valence-corrected chi connectivity index (χ4v) is 4.28. The molecule has 0 spiro atoms. The Bertz CT molecular complexity index is 982. The van der Waals surface area contributed by atoms with Crippen molar-refractivity contribution in [3.8, 4) is 0 Å². The van der Waals surface area contributed by atoms with Gasteiger partial charge in [-0.1, -0.05) is 11.3 Å². The molecule has 3 heterocycles. The molecule has 1 aliphatic rings. The Morgan fingerprint density at radius 3 is 2.96 bits per heavy atom. The molecule has 7 nitrogen and oxygen atoms in total. The zero-order valence-corrected chi connectivity index (χ0v) is 16.2. The minimum Gasteiger partial charge on any atom is -0.309 e. The van der Waals surface area contributed by atoms with Gasteiger partial charge in [-0.25, -0.2) is 9.37 Å². The number of rotatable bonds is 6. The number of thiazole rings is 1. The topological polar surface area (TPSA) is 67.2 Å². The van der Waals surface area contributed by atoms with Gasteiger partial charge in [0.15, 0.2) is 5.13 Å². The average Bonchev–Trinajstić information content (AvgIpc) is 3.32. The zero-order chi connectivity index (χ0) is 19.0. The molecule has 0 unspecified atom stereocenters. The van der Waals surface area contributed by atoms with Crippen molar-refractivity contribution in [2.75, 3.05) is 32.1 Å². The average molecular weight is 388 g/mol. The first-order valence-corrected chi connectivity index (χ1v) is 9.79. The van der Waals surface area contributed by atoms with E-state index in [0.717, 1.165) is 42.9 Å². The fraction of sp³-hybridized carbons (Fsp3) is 0.444. The van der Waals surface area contributed by atoms with Gasteiger partial charge in [-0.05, 0) is 51.7 Å². The van der Waals surface area contributed by atoms with Gasteiger partial charge in [0.1, 0.15) is 11.6 Å². The lowest BCUT2D eigenvalue weighted by atomic mass is 10.3. The second-order valence-electron chi connectivity index (χ2n) is 6.92. The second kappa shape index (κ2) is 7.32. The van der Waals surface area contributed by atoms with Gasteiger partial charge < -0.3 is 9.47 Å². The summed E-state index contributed by atoms with van der Waals surface area (Å²) in [5.41, 5.74) is 0.688. The van der Waals surface area contributed by atoms with Crippen LogP contribution in [0.4, 0.5) is 9.52 Å². The number of hydrogen-bond donors (Lipinski definition) is 0. The fourth-order valence-electron chi connectivity index (χ4n) is 3.26. The van der Waals surface area contributed by atoms with Gasteiger partial charge in [-0.2, -0.15) is 0 Å². The minimum atomic E-state index is -0.307. The van der Waals surface area contributed by atoms with Gasteiger partial charge in [0, 0.05) is 19.5 Å². The predicted octanol–water partition coefficient (Wildman–Crippen LogP) is 2.57. The number of carbonyl (C=O) groups is 1. The van der Waals surface area contributed by atoms with Gasteiger partial charge in [0.25, 0.3) is 5.91 Å². The number of hydrogen-bond acceptors (Lipinski definition) is 6. The van der Waals surface area contributed by atoms with Crippen LogP contribution in [0.1, 0.15) is 29.3 Å². The largest absolute Gasteiger partial charge is 0.309 e. The molecule has 0 N–H and O–H groups in total. The van der Waals surface area contributed by atoms with E-state index < -0.39 is 0 Å². The maximum absolute atomic E-state index is 13.5. The summed E-state index contributed by atoms with van der Waals surface area (Å²) in [4.78, 5) is 21.6. The molecule has 0 bridgehead atoms. The highest BCUT2D eigenvalue weighted by atomic mass is 32.1. The normalized spacial score (nSPS) is 13.5. The number of aryl methyl sites for hydroxylation is 1. The molecule has 0 saturated carbocycles. The van der Waals surface area contributed by atoms with Gasteiger partial charge in [-0.15, -0.1) is 10.2 Å². The van der Waals surface area contributed by atoms with Gasteiger partial charge >= 0.3 is 0 Å². The molecular weight excluding hydrogens is 367 g/mol. The van der Waals surface area contributed by atoms with Crippen LogP contribution < -0.4 is 4.90 Å². The van der Waals surface area contributed by atoms with Crippen molar-refractivity contribution in [1.29, 1.82) is 0 Å². The summed E-state index contributed by atoms with van der Waals surface area (Å²) < 4.78 is 16.2. The standard InChI is InChI=1S/C18H21FN6OS/c1-23(2)8-4-10-25(17(26)16-22-21-15-5-3-9-24(15)16)18-20-13-7-6-12(19)11-14(13)27-18/h6-7,11H,3-5,8-10H2,1-2H3. The lowest BCUT2D eigenvalue weighted by Crippen LogP contribution is -2.35. The summed E-state index contributed by atoms with van der Waals surface area (Å²) in [5.74, 6) is 0.711.